The molecule has 0 saturated carbocycles. The molecule has 4 heteroatoms. The van der Waals surface area contributed by atoms with Crippen molar-refractivity contribution in [3.05, 3.63) is 53.9 Å². The Kier molecular flexibility index (Phi) is 2.48. The molecule has 3 rings (SSSR count). The van der Waals surface area contributed by atoms with Crippen LogP contribution in [0.3, 0.4) is 0 Å². The van der Waals surface area contributed by atoms with E-state index in [1.165, 1.54) is 18.0 Å². The molecule has 86 valence electrons. The summed E-state index contributed by atoms with van der Waals surface area (Å²) < 4.78 is 13.1. The van der Waals surface area contributed by atoms with Gasteiger partial charge in [-0.15, -0.1) is 0 Å². The van der Waals surface area contributed by atoms with Crippen molar-refractivity contribution in [3.8, 4) is 0 Å². The highest BCUT2D eigenvalue weighted by atomic mass is 19.1. The Bertz CT molecular complexity index is 527. The van der Waals surface area contributed by atoms with Crippen molar-refractivity contribution in [2.24, 2.45) is 0 Å². The van der Waals surface area contributed by atoms with E-state index in [1.807, 2.05) is 6.07 Å². The van der Waals surface area contributed by atoms with Gasteiger partial charge in [-0.3, -0.25) is 0 Å². The summed E-state index contributed by atoms with van der Waals surface area (Å²) in [6.07, 6.45) is 6.89. The van der Waals surface area contributed by atoms with Crippen LogP contribution in [0, 0.1) is 5.82 Å². The molecule has 0 amide bonds. The molecule has 1 unspecified atom stereocenters. The molecule has 2 aromatic rings. The molecule has 1 aromatic heterocycles. The number of anilines is 1. The predicted molar refractivity (Wildman–Crippen MR) is 63.1 cm³/mol. The summed E-state index contributed by atoms with van der Waals surface area (Å²) in [7, 11) is 0. The lowest BCUT2D eigenvalue weighted by molar-refractivity contribution is 0.626. The van der Waals surface area contributed by atoms with E-state index >= 15 is 0 Å². The van der Waals surface area contributed by atoms with Crippen LogP contribution >= 0.6 is 0 Å². The number of fused-ring (bicyclic) bond motifs is 1. The van der Waals surface area contributed by atoms with Crippen molar-refractivity contribution in [2.75, 3.05) is 5.32 Å². The fraction of sp³-hybridized carbons (Fsp3) is 0.231. The molecule has 0 fully saturated rings. The Morgan fingerprint density at radius 1 is 1.24 bits per heavy atom. The van der Waals surface area contributed by atoms with E-state index in [9.17, 15) is 4.39 Å². The fourth-order valence-electron chi connectivity index (χ4n) is 2.31. The second-order valence-electron chi connectivity index (χ2n) is 4.21. The Morgan fingerprint density at radius 3 is 2.88 bits per heavy atom. The van der Waals surface area contributed by atoms with Gasteiger partial charge in [0, 0.05) is 0 Å². The molecule has 3 nitrogen and oxygen atoms in total. The number of benzene rings is 1. The standard InChI is InChI=1S/C13H12FN3/c14-10-2-3-12-9(5-10)1-4-13(12)17-11-6-15-8-16-7-11/h2-3,5-8,13,17H,1,4H2. The third-order valence-electron chi connectivity index (χ3n) is 3.08. The number of rotatable bonds is 2. The minimum atomic E-state index is -0.160. The Balaban J connectivity index is 1.85. The first-order valence-corrected chi connectivity index (χ1v) is 5.63. The lowest BCUT2D eigenvalue weighted by Crippen LogP contribution is -2.07. The first-order valence-electron chi connectivity index (χ1n) is 5.63. The first-order chi connectivity index (χ1) is 8.33. The number of nitrogens with one attached hydrogen (secondary N) is 1. The van der Waals surface area contributed by atoms with E-state index in [1.54, 1.807) is 18.5 Å². The summed E-state index contributed by atoms with van der Waals surface area (Å²) in [5.41, 5.74) is 3.17. The molecule has 0 radical (unpaired) electrons. The van der Waals surface area contributed by atoms with E-state index < -0.39 is 0 Å². The van der Waals surface area contributed by atoms with Crippen LogP contribution in [0.2, 0.25) is 0 Å². The van der Waals surface area contributed by atoms with Crippen LogP contribution in [0.15, 0.2) is 36.9 Å². The minimum Gasteiger partial charge on any atom is -0.376 e. The van der Waals surface area contributed by atoms with Gasteiger partial charge in [0.2, 0.25) is 0 Å². The van der Waals surface area contributed by atoms with Crippen molar-refractivity contribution < 1.29 is 4.39 Å². The quantitative estimate of drug-likeness (QED) is 0.860. The van der Waals surface area contributed by atoms with E-state index in [0.717, 1.165) is 24.1 Å². The van der Waals surface area contributed by atoms with Gasteiger partial charge in [0.15, 0.2) is 0 Å². The normalized spacial score (nSPS) is 17.8. The average molecular weight is 229 g/mol. The molecule has 0 bridgehead atoms. The lowest BCUT2D eigenvalue weighted by Gasteiger charge is -2.14. The molecule has 0 aliphatic heterocycles. The van der Waals surface area contributed by atoms with E-state index in [0.29, 0.717) is 0 Å². The van der Waals surface area contributed by atoms with Crippen LogP contribution in [0.1, 0.15) is 23.6 Å². The summed E-state index contributed by atoms with van der Waals surface area (Å²) in [5, 5.41) is 3.37. The van der Waals surface area contributed by atoms with Crippen molar-refractivity contribution >= 4 is 5.69 Å². The second kappa shape index (κ2) is 4.13. The maximum atomic E-state index is 13.1. The third-order valence-corrected chi connectivity index (χ3v) is 3.08. The van der Waals surface area contributed by atoms with Gasteiger partial charge in [0.1, 0.15) is 12.1 Å². The molecule has 1 aliphatic carbocycles. The highest BCUT2D eigenvalue weighted by Crippen LogP contribution is 2.33. The molecule has 1 atom stereocenters. The number of aryl methyl sites for hydroxylation is 1. The Labute approximate surface area is 98.7 Å². The molecule has 1 N–H and O–H groups in total. The number of nitrogens with zero attached hydrogens (tertiary/aromatic N) is 2. The van der Waals surface area contributed by atoms with Gasteiger partial charge in [0.25, 0.3) is 0 Å². The first kappa shape index (κ1) is 10.2. The summed E-state index contributed by atoms with van der Waals surface area (Å²) in [4.78, 5) is 7.93. The van der Waals surface area contributed by atoms with Crippen LogP contribution in [-0.2, 0) is 6.42 Å². The molecular weight excluding hydrogens is 217 g/mol. The van der Waals surface area contributed by atoms with Gasteiger partial charge in [-0.25, -0.2) is 14.4 Å². The number of halogens is 1. The average Bonchev–Trinajstić information content (AvgIpc) is 2.73. The summed E-state index contributed by atoms with van der Waals surface area (Å²) in [6, 6.07) is 5.23. The van der Waals surface area contributed by atoms with Gasteiger partial charge < -0.3 is 5.32 Å². The summed E-state index contributed by atoms with van der Waals surface area (Å²) in [5.74, 6) is -0.160. The van der Waals surface area contributed by atoms with Gasteiger partial charge in [-0.05, 0) is 36.1 Å². The maximum absolute atomic E-state index is 13.1. The van der Waals surface area contributed by atoms with E-state index in [2.05, 4.69) is 15.3 Å². The predicted octanol–water partition coefficient (Wildman–Crippen LogP) is 2.72. The van der Waals surface area contributed by atoms with Crippen LogP contribution < -0.4 is 5.32 Å². The second-order valence-corrected chi connectivity index (χ2v) is 4.21. The number of aromatic nitrogens is 2. The SMILES string of the molecule is Fc1ccc2c(c1)CCC2Nc1cncnc1. The van der Waals surface area contributed by atoms with Gasteiger partial charge in [0.05, 0.1) is 24.1 Å². The molecule has 17 heavy (non-hydrogen) atoms. The minimum absolute atomic E-state index is 0.160. The number of hydrogen-bond acceptors (Lipinski definition) is 3. The zero-order chi connectivity index (χ0) is 11.7. The number of hydrogen-bond donors (Lipinski definition) is 1. The Morgan fingerprint density at radius 2 is 2.06 bits per heavy atom. The van der Waals surface area contributed by atoms with Crippen LogP contribution in [0.25, 0.3) is 0 Å². The van der Waals surface area contributed by atoms with Crippen LogP contribution in [0.4, 0.5) is 10.1 Å². The van der Waals surface area contributed by atoms with Gasteiger partial charge in [-0.1, -0.05) is 6.07 Å². The molecule has 1 aliphatic rings. The zero-order valence-electron chi connectivity index (χ0n) is 9.23. The van der Waals surface area contributed by atoms with Crippen LogP contribution in [0.5, 0.6) is 0 Å². The smallest absolute Gasteiger partial charge is 0.123 e. The topological polar surface area (TPSA) is 37.8 Å². The molecule has 0 saturated heterocycles. The highest BCUT2D eigenvalue weighted by molar-refractivity contribution is 5.45. The van der Waals surface area contributed by atoms with Gasteiger partial charge >= 0.3 is 0 Å². The van der Waals surface area contributed by atoms with E-state index in [4.69, 9.17) is 0 Å². The summed E-state index contributed by atoms with van der Waals surface area (Å²) >= 11 is 0. The Hall–Kier alpha value is -1.97. The summed E-state index contributed by atoms with van der Waals surface area (Å²) in [6.45, 7) is 0. The van der Waals surface area contributed by atoms with Crippen molar-refractivity contribution in [1.29, 1.82) is 0 Å². The largest absolute Gasteiger partial charge is 0.376 e. The van der Waals surface area contributed by atoms with Crippen molar-refractivity contribution in [3.63, 3.8) is 0 Å². The fourth-order valence-corrected chi connectivity index (χ4v) is 2.31. The van der Waals surface area contributed by atoms with Crippen molar-refractivity contribution in [1.82, 2.24) is 9.97 Å². The van der Waals surface area contributed by atoms with Gasteiger partial charge in [-0.2, -0.15) is 0 Å². The maximum Gasteiger partial charge on any atom is 0.123 e. The van der Waals surface area contributed by atoms with Crippen molar-refractivity contribution in [2.45, 2.75) is 18.9 Å². The van der Waals surface area contributed by atoms with E-state index in [-0.39, 0.29) is 11.9 Å². The monoisotopic (exact) mass is 229 g/mol. The molecule has 1 heterocycles. The molecule has 0 spiro atoms. The molecular formula is C13H12FN3. The zero-order valence-corrected chi connectivity index (χ0v) is 9.23. The lowest BCUT2D eigenvalue weighted by atomic mass is 10.1. The third kappa shape index (κ3) is 1.98. The molecule has 1 aromatic carbocycles. The van der Waals surface area contributed by atoms with Crippen LogP contribution in [-0.4, -0.2) is 9.97 Å². The highest BCUT2D eigenvalue weighted by Gasteiger charge is 2.22.